The van der Waals surface area contributed by atoms with Crippen LogP contribution in [0.3, 0.4) is 0 Å². The lowest BCUT2D eigenvalue weighted by atomic mass is 9.84. The Balaban J connectivity index is 1.18. The van der Waals surface area contributed by atoms with E-state index in [1.54, 1.807) is 10.6 Å². The van der Waals surface area contributed by atoms with Gasteiger partial charge in [0.15, 0.2) is 17.4 Å². The van der Waals surface area contributed by atoms with Gasteiger partial charge < -0.3 is 14.4 Å². The molecule has 3 atom stereocenters. The highest BCUT2D eigenvalue weighted by atomic mass is 19.4. The maximum absolute atomic E-state index is 14.7. The molecule has 0 N–H and O–H groups in total. The first-order valence-corrected chi connectivity index (χ1v) is 12.4. The summed E-state index contributed by atoms with van der Waals surface area (Å²) < 4.78 is 80.3. The SMILES string of the molecule is O=c1nc(OCc2cc(F)c(Oc3ccnc(C(F)(F)F)c3)c(F)c2)cc2n1C[C@H]1CC3CCCCC3N21. The van der Waals surface area contributed by atoms with Gasteiger partial charge in [-0.05, 0) is 48.9 Å². The Kier molecular flexibility index (Phi) is 5.99. The molecule has 12 heteroatoms. The van der Waals surface area contributed by atoms with Crippen molar-refractivity contribution in [1.29, 1.82) is 0 Å². The second-order valence-corrected chi connectivity index (χ2v) is 9.91. The predicted octanol–water partition coefficient (Wildman–Crippen LogP) is 5.46. The van der Waals surface area contributed by atoms with Crippen molar-refractivity contribution >= 4 is 5.82 Å². The van der Waals surface area contributed by atoms with E-state index in [1.165, 1.54) is 12.8 Å². The molecule has 4 heterocycles. The quantitative estimate of drug-likeness (QED) is 0.405. The van der Waals surface area contributed by atoms with Crippen molar-refractivity contribution in [3.63, 3.8) is 0 Å². The number of benzene rings is 1. The van der Waals surface area contributed by atoms with Crippen LogP contribution in [0.4, 0.5) is 27.8 Å². The number of alkyl halides is 3. The number of hydrogen-bond donors (Lipinski definition) is 0. The molecule has 1 saturated heterocycles. The van der Waals surface area contributed by atoms with E-state index in [-0.39, 0.29) is 24.1 Å². The van der Waals surface area contributed by atoms with Crippen LogP contribution in [0, 0.1) is 17.6 Å². The van der Waals surface area contributed by atoms with E-state index in [2.05, 4.69) is 14.9 Å². The van der Waals surface area contributed by atoms with Crippen LogP contribution in [0.2, 0.25) is 0 Å². The summed E-state index contributed by atoms with van der Waals surface area (Å²) in [7, 11) is 0. The molecule has 7 nitrogen and oxygen atoms in total. The molecule has 200 valence electrons. The lowest BCUT2D eigenvalue weighted by Gasteiger charge is -2.32. The standard InChI is InChI=1S/C26H23F5N4O3/c27-18-7-14(8-19(28)24(18)38-17-5-6-32-21(10-17)26(29,30)31)13-37-22-11-23-34(25(36)33-22)12-16-9-15-3-1-2-4-20(15)35(16)23/h5-8,10-11,15-16,20H,1-4,9,12-13H2/t15?,16-,20?/m1/s1. The lowest BCUT2D eigenvalue weighted by molar-refractivity contribution is -0.141. The first-order chi connectivity index (χ1) is 18.2. The summed E-state index contributed by atoms with van der Waals surface area (Å²) in [5.74, 6) is -2.09. The van der Waals surface area contributed by atoms with Crippen LogP contribution < -0.4 is 20.1 Å². The number of pyridine rings is 1. The van der Waals surface area contributed by atoms with Gasteiger partial charge in [0.2, 0.25) is 5.88 Å². The topological polar surface area (TPSA) is 69.5 Å². The fourth-order valence-electron chi connectivity index (χ4n) is 5.92. The minimum atomic E-state index is -4.74. The van der Waals surface area contributed by atoms with Crippen molar-refractivity contribution in [2.24, 2.45) is 5.92 Å². The second-order valence-electron chi connectivity index (χ2n) is 9.91. The summed E-state index contributed by atoms with van der Waals surface area (Å²) >= 11 is 0. The van der Waals surface area contributed by atoms with Crippen molar-refractivity contribution in [2.75, 3.05) is 4.90 Å². The second kappa shape index (κ2) is 9.25. The molecule has 0 radical (unpaired) electrons. The van der Waals surface area contributed by atoms with Gasteiger partial charge >= 0.3 is 11.9 Å². The van der Waals surface area contributed by atoms with E-state index in [1.807, 2.05) is 0 Å². The molecular formula is C26H23F5N4O3. The molecule has 0 bridgehead atoms. The average molecular weight is 534 g/mol. The van der Waals surface area contributed by atoms with Crippen molar-refractivity contribution in [2.45, 2.75) is 63.5 Å². The number of nitrogens with zero attached hydrogens (tertiary/aromatic N) is 4. The number of hydrogen-bond acceptors (Lipinski definition) is 6. The molecule has 1 aromatic carbocycles. The van der Waals surface area contributed by atoms with Crippen molar-refractivity contribution < 1.29 is 31.4 Å². The van der Waals surface area contributed by atoms with Gasteiger partial charge in [0.1, 0.15) is 23.9 Å². The number of rotatable bonds is 5. The third-order valence-corrected chi connectivity index (χ3v) is 7.50. The maximum atomic E-state index is 14.7. The fourth-order valence-corrected chi connectivity index (χ4v) is 5.92. The summed E-state index contributed by atoms with van der Waals surface area (Å²) in [6.07, 6.45) is 1.81. The van der Waals surface area contributed by atoms with E-state index in [0.29, 0.717) is 24.6 Å². The number of halogens is 5. The van der Waals surface area contributed by atoms with Crippen molar-refractivity contribution in [3.8, 4) is 17.4 Å². The Morgan fingerprint density at radius 2 is 1.82 bits per heavy atom. The van der Waals surface area contributed by atoms with Crippen molar-refractivity contribution in [3.05, 3.63) is 69.9 Å². The van der Waals surface area contributed by atoms with Gasteiger partial charge in [-0.2, -0.15) is 18.2 Å². The summed E-state index contributed by atoms with van der Waals surface area (Å²) in [6, 6.07) is 5.86. The Morgan fingerprint density at radius 1 is 1.05 bits per heavy atom. The summed E-state index contributed by atoms with van der Waals surface area (Å²) in [5, 5.41) is 0. The third kappa shape index (κ3) is 4.45. The zero-order valence-corrected chi connectivity index (χ0v) is 20.0. The van der Waals surface area contributed by atoms with Gasteiger partial charge in [-0.25, -0.2) is 13.6 Å². The molecule has 3 aliphatic rings. The Hall–Kier alpha value is -3.70. The largest absolute Gasteiger partial charge is 0.473 e. The van der Waals surface area contributed by atoms with E-state index >= 15 is 0 Å². The van der Waals surface area contributed by atoms with Crippen molar-refractivity contribution in [1.82, 2.24) is 14.5 Å². The minimum Gasteiger partial charge on any atom is -0.473 e. The number of aromatic nitrogens is 3. The Bertz CT molecular complexity index is 1420. The summed E-state index contributed by atoms with van der Waals surface area (Å²) in [5.41, 5.74) is -1.60. The first-order valence-electron chi connectivity index (χ1n) is 12.4. The number of fused-ring (bicyclic) bond motifs is 5. The molecule has 6 rings (SSSR count). The smallest absolute Gasteiger partial charge is 0.433 e. The number of anilines is 1. The van der Waals surface area contributed by atoms with Gasteiger partial charge in [0, 0.05) is 37.0 Å². The van der Waals surface area contributed by atoms with Crippen LogP contribution in [0.5, 0.6) is 17.4 Å². The fraction of sp³-hybridized carbons (Fsp3) is 0.423. The molecule has 2 aromatic heterocycles. The van der Waals surface area contributed by atoms with E-state index < -0.39 is 40.7 Å². The molecule has 2 unspecified atom stereocenters. The van der Waals surface area contributed by atoms with Gasteiger partial charge in [0.05, 0.1) is 0 Å². The van der Waals surface area contributed by atoms with Gasteiger partial charge in [-0.15, -0.1) is 0 Å². The Morgan fingerprint density at radius 3 is 2.58 bits per heavy atom. The monoisotopic (exact) mass is 534 g/mol. The third-order valence-electron chi connectivity index (χ3n) is 7.50. The van der Waals surface area contributed by atoms with Crippen LogP contribution in [0.1, 0.15) is 43.4 Å². The van der Waals surface area contributed by atoms with E-state index in [4.69, 9.17) is 9.47 Å². The Labute approximate surface area is 213 Å². The van der Waals surface area contributed by atoms with Gasteiger partial charge in [-0.3, -0.25) is 9.55 Å². The van der Waals surface area contributed by atoms with Gasteiger partial charge in [-0.1, -0.05) is 12.8 Å². The van der Waals surface area contributed by atoms with Crippen LogP contribution in [-0.2, 0) is 19.3 Å². The molecule has 3 aromatic rings. The molecule has 2 fully saturated rings. The first kappa shape index (κ1) is 24.6. The average Bonchev–Trinajstić information content (AvgIpc) is 3.41. The normalized spacial score (nSPS) is 22.1. The van der Waals surface area contributed by atoms with Gasteiger partial charge in [0.25, 0.3) is 0 Å². The highest BCUT2D eigenvalue weighted by Crippen LogP contribution is 2.45. The maximum Gasteiger partial charge on any atom is 0.433 e. The van der Waals surface area contributed by atoms with Crippen LogP contribution in [0.25, 0.3) is 0 Å². The highest BCUT2D eigenvalue weighted by molar-refractivity contribution is 5.50. The molecule has 0 spiro atoms. The van der Waals surface area contributed by atoms with Crippen LogP contribution in [0.15, 0.2) is 41.3 Å². The molecule has 1 aliphatic carbocycles. The highest BCUT2D eigenvalue weighted by Gasteiger charge is 2.46. The molecule has 2 aliphatic heterocycles. The van der Waals surface area contributed by atoms with Crippen LogP contribution in [-0.4, -0.2) is 26.6 Å². The molecule has 38 heavy (non-hydrogen) atoms. The predicted molar refractivity (Wildman–Crippen MR) is 125 cm³/mol. The van der Waals surface area contributed by atoms with E-state index in [9.17, 15) is 26.7 Å². The summed E-state index contributed by atoms with van der Waals surface area (Å²) in [6.45, 7) is 0.307. The molecule has 1 saturated carbocycles. The van der Waals surface area contributed by atoms with Crippen LogP contribution >= 0.6 is 0 Å². The zero-order valence-electron chi connectivity index (χ0n) is 20.0. The molecule has 0 amide bonds. The van der Waals surface area contributed by atoms with E-state index in [0.717, 1.165) is 49.5 Å². The zero-order chi connectivity index (χ0) is 26.6. The number of ether oxygens (including phenoxy) is 2. The lowest BCUT2D eigenvalue weighted by Crippen LogP contribution is -2.36. The minimum absolute atomic E-state index is 0.0544. The molecular weight excluding hydrogens is 511 g/mol. The summed E-state index contributed by atoms with van der Waals surface area (Å²) in [4.78, 5) is 22.2.